The summed E-state index contributed by atoms with van der Waals surface area (Å²) in [4.78, 5) is 7.29. The van der Waals surface area contributed by atoms with E-state index in [0.717, 1.165) is 21.8 Å². The second-order valence-corrected chi connectivity index (χ2v) is 19.3. The molecule has 7 nitrogen and oxygen atoms in total. The SMILES string of the molecule is CC[C@H](c1ccc(-c2cnc(C(F)(F)F)cn2)cc1C)[C@H]1OC(CO)[C@@H](O)[C@H](O)C1O.Cc1cc(Br)ccc1C=CC[Si](C)(C)C. The predicted octanol–water partition coefficient (Wildman–Crippen LogP) is 6.92. The van der Waals surface area contributed by atoms with E-state index in [0.29, 0.717) is 18.2 Å². The van der Waals surface area contributed by atoms with Crippen molar-refractivity contribution >= 4 is 30.1 Å². The standard InChI is InChI=1S/C21H25F3N2O5.C13H19BrSi/c1-3-12(20-19(30)18(29)17(28)15(9-27)31-20)13-5-4-11(6-10(13)2)14-7-26-16(8-25-14)21(22,23)24;1-11-10-13(14)8-7-12(11)6-5-9-15(2,3)4/h4-8,12,15,17-20,27-30H,3,9H2,1-2H3;5-8,10H,9H2,1-4H3/t12-,15?,17-,18+,19?,20-;/m1./s1. The van der Waals surface area contributed by atoms with Gasteiger partial charge in [0.1, 0.15) is 24.4 Å². The van der Waals surface area contributed by atoms with Gasteiger partial charge in [-0.2, -0.15) is 13.2 Å². The Bertz CT molecular complexity index is 1460. The summed E-state index contributed by atoms with van der Waals surface area (Å²) in [5, 5.41) is 40.0. The molecule has 0 saturated carbocycles. The molecule has 0 radical (unpaired) electrons. The van der Waals surface area contributed by atoms with E-state index >= 15 is 0 Å². The van der Waals surface area contributed by atoms with Crippen LogP contribution in [0.5, 0.6) is 0 Å². The van der Waals surface area contributed by atoms with Crippen molar-refractivity contribution in [3.8, 4) is 11.3 Å². The van der Waals surface area contributed by atoms with Gasteiger partial charge in [-0.1, -0.05) is 72.8 Å². The molecule has 1 aliphatic rings. The molecule has 0 amide bonds. The number of aliphatic hydroxyl groups excluding tert-OH is 4. The molecule has 1 aromatic heterocycles. The number of alkyl halides is 3. The van der Waals surface area contributed by atoms with Gasteiger partial charge < -0.3 is 25.2 Å². The largest absolute Gasteiger partial charge is 0.434 e. The molecule has 1 aliphatic heterocycles. The zero-order chi connectivity index (χ0) is 34.4. The maximum Gasteiger partial charge on any atom is 0.434 e. The highest BCUT2D eigenvalue weighted by molar-refractivity contribution is 9.10. The van der Waals surface area contributed by atoms with Crippen molar-refractivity contribution in [2.45, 2.75) is 95.5 Å². The first-order chi connectivity index (χ1) is 21.5. The number of hydrogen-bond acceptors (Lipinski definition) is 7. The second kappa shape index (κ2) is 16.1. The first-order valence-corrected chi connectivity index (χ1v) is 19.7. The van der Waals surface area contributed by atoms with Crippen molar-refractivity contribution in [2.24, 2.45) is 0 Å². The Morgan fingerprint density at radius 1 is 0.957 bits per heavy atom. The third-order valence-corrected chi connectivity index (χ3v) is 9.89. The molecular formula is C34H44BrF3N2O5Si. The monoisotopic (exact) mass is 724 g/mol. The number of aromatic nitrogens is 2. The number of halogens is 4. The molecule has 46 heavy (non-hydrogen) atoms. The van der Waals surface area contributed by atoms with Crippen molar-refractivity contribution in [1.29, 1.82) is 0 Å². The van der Waals surface area contributed by atoms with Gasteiger partial charge in [-0.15, -0.1) is 0 Å². The summed E-state index contributed by atoms with van der Waals surface area (Å²) in [6.07, 6.45) is -3.84. The Morgan fingerprint density at radius 2 is 1.65 bits per heavy atom. The van der Waals surface area contributed by atoms with Crippen LogP contribution in [0, 0.1) is 13.8 Å². The normalized spacial score (nSPS) is 22.8. The lowest BCUT2D eigenvalue weighted by Gasteiger charge is -2.43. The van der Waals surface area contributed by atoms with Gasteiger partial charge in [0, 0.05) is 24.0 Å². The fourth-order valence-electron chi connectivity index (χ4n) is 5.33. The van der Waals surface area contributed by atoms with E-state index in [9.17, 15) is 33.6 Å². The topological polar surface area (TPSA) is 116 Å². The molecular weight excluding hydrogens is 681 g/mol. The first kappa shape index (κ1) is 38.0. The van der Waals surface area contributed by atoms with Crippen LogP contribution in [0.1, 0.15) is 47.2 Å². The summed E-state index contributed by atoms with van der Waals surface area (Å²) in [7, 11) is -0.935. The van der Waals surface area contributed by atoms with E-state index < -0.39 is 57.1 Å². The summed E-state index contributed by atoms with van der Waals surface area (Å²) in [5.41, 5.74) is 4.03. The third-order valence-electron chi connectivity index (χ3n) is 7.93. The third kappa shape index (κ3) is 10.0. The highest BCUT2D eigenvalue weighted by Gasteiger charge is 2.46. The molecule has 4 rings (SSSR count). The summed E-state index contributed by atoms with van der Waals surface area (Å²) in [6, 6.07) is 12.9. The molecule has 3 aromatic rings. The number of aliphatic hydroxyl groups is 4. The van der Waals surface area contributed by atoms with Crippen LogP contribution < -0.4 is 0 Å². The molecule has 4 N–H and O–H groups in total. The van der Waals surface area contributed by atoms with Crippen LogP contribution in [0.4, 0.5) is 13.2 Å². The van der Waals surface area contributed by atoms with E-state index in [1.54, 1.807) is 18.2 Å². The van der Waals surface area contributed by atoms with Gasteiger partial charge >= 0.3 is 6.18 Å². The number of benzene rings is 2. The van der Waals surface area contributed by atoms with Gasteiger partial charge in [-0.05, 0) is 66.8 Å². The van der Waals surface area contributed by atoms with Crippen LogP contribution in [-0.4, -0.2) is 75.6 Å². The lowest BCUT2D eigenvalue weighted by atomic mass is 9.81. The predicted molar refractivity (Wildman–Crippen MR) is 180 cm³/mol. The molecule has 12 heteroatoms. The van der Waals surface area contributed by atoms with Crippen LogP contribution >= 0.6 is 15.9 Å². The van der Waals surface area contributed by atoms with Crippen LogP contribution in [-0.2, 0) is 10.9 Å². The summed E-state index contributed by atoms with van der Waals surface area (Å²) in [5.74, 6) is -0.362. The zero-order valence-corrected chi connectivity index (χ0v) is 29.5. The van der Waals surface area contributed by atoms with E-state index in [1.165, 1.54) is 17.2 Å². The van der Waals surface area contributed by atoms with Gasteiger partial charge in [-0.3, -0.25) is 4.98 Å². The van der Waals surface area contributed by atoms with Gasteiger partial charge in [0.25, 0.3) is 0 Å². The van der Waals surface area contributed by atoms with Crippen LogP contribution in [0.25, 0.3) is 17.3 Å². The lowest BCUT2D eigenvalue weighted by Crippen LogP contribution is -2.59. The molecule has 0 aliphatic carbocycles. The Labute approximate surface area is 278 Å². The number of rotatable bonds is 8. The van der Waals surface area contributed by atoms with Crippen LogP contribution in [0.15, 0.2) is 59.3 Å². The Hall–Kier alpha value is -2.45. The maximum atomic E-state index is 12.7. The maximum absolute atomic E-state index is 12.7. The Morgan fingerprint density at radius 3 is 2.17 bits per heavy atom. The van der Waals surface area contributed by atoms with Crippen LogP contribution in [0.2, 0.25) is 25.7 Å². The van der Waals surface area contributed by atoms with Crippen molar-refractivity contribution in [2.75, 3.05) is 6.61 Å². The molecule has 2 unspecified atom stereocenters. The lowest BCUT2D eigenvalue weighted by molar-refractivity contribution is -0.234. The van der Waals surface area contributed by atoms with E-state index in [4.69, 9.17) is 4.74 Å². The summed E-state index contributed by atoms with van der Waals surface area (Å²) >= 11 is 3.48. The number of aryl methyl sites for hydroxylation is 2. The van der Waals surface area contributed by atoms with Gasteiger partial charge in [0.15, 0.2) is 5.69 Å². The van der Waals surface area contributed by atoms with Gasteiger partial charge in [0.05, 0.1) is 30.8 Å². The Kier molecular flexibility index (Phi) is 13.3. The second-order valence-electron chi connectivity index (χ2n) is 12.8. The average Bonchev–Trinajstić information content (AvgIpc) is 2.98. The minimum atomic E-state index is -4.56. The summed E-state index contributed by atoms with van der Waals surface area (Å²) in [6.45, 7) is 12.5. The summed E-state index contributed by atoms with van der Waals surface area (Å²) < 4.78 is 45.0. The Balaban J connectivity index is 0.000000322. The molecule has 6 atom stereocenters. The number of hydrogen-bond donors (Lipinski definition) is 4. The first-order valence-electron chi connectivity index (χ1n) is 15.2. The highest BCUT2D eigenvalue weighted by atomic mass is 79.9. The molecule has 1 saturated heterocycles. The number of allylic oxidation sites excluding steroid dienone is 1. The van der Waals surface area contributed by atoms with Crippen molar-refractivity contribution in [1.82, 2.24) is 9.97 Å². The number of nitrogens with zero attached hydrogens (tertiary/aromatic N) is 2. The van der Waals surface area contributed by atoms with E-state index in [-0.39, 0.29) is 11.6 Å². The fourth-order valence-corrected chi connectivity index (χ4v) is 6.63. The average molecular weight is 726 g/mol. The zero-order valence-electron chi connectivity index (χ0n) is 27.0. The smallest absolute Gasteiger partial charge is 0.394 e. The molecule has 2 aromatic carbocycles. The van der Waals surface area contributed by atoms with Gasteiger partial charge in [-0.25, -0.2) is 4.98 Å². The molecule has 252 valence electrons. The van der Waals surface area contributed by atoms with Crippen molar-refractivity contribution < 1.29 is 38.3 Å². The van der Waals surface area contributed by atoms with Crippen molar-refractivity contribution in [3.05, 3.63) is 87.3 Å². The van der Waals surface area contributed by atoms with E-state index in [1.807, 2.05) is 13.8 Å². The molecule has 0 spiro atoms. The quantitative estimate of drug-likeness (QED) is 0.187. The number of ether oxygens (including phenoxy) is 1. The fraction of sp³-hybridized carbons (Fsp3) is 0.471. The van der Waals surface area contributed by atoms with Crippen molar-refractivity contribution in [3.63, 3.8) is 0 Å². The highest BCUT2D eigenvalue weighted by Crippen LogP contribution is 2.36. The van der Waals surface area contributed by atoms with Gasteiger partial charge in [0.2, 0.25) is 0 Å². The minimum absolute atomic E-state index is 0.281. The van der Waals surface area contributed by atoms with E-state index in [2.05, 4.69) is 82.8 Å². The molecule has 0 bridgehead atoms. The minimum Gasteiger partial charge on any atom is -0.394 e. The molecule has 1 fully saturated rings. The van der Waals surface area contributed by atoms with Crippen LogP contribution in [0.3, 0.4) is 0 Å². The molecule has 2 heterocycles.